The molecule has 2 aromatic carbocycles. The molecule has 1 N–H and O–H groups in total. The molecule has 0 aliphatic heterocycles. The van der Waals surface area contributed by atoms with Gasteiger partial charge in [-0.1, -0.05) is 54.1 Å². The minimum atomic E-state index is -0.507. The van der Waals surface area contributed by atoms with Gasteiger partial charge in [-0.25, -0.2) is 0 Å². The Morgan fingerprint density at radius 3 is 2.57 bits per heavy atom. The number of halogens is 1. The van der Waals surface area contributed by atoms with Crippen molar-refractivity contribution < 1.29 is 9.52 Å². The molecule has 0 amide bonds. The maximum atomic E-state index is 10.1. The molecule has 1 heterocycles. The van der Waals surface area contributed by atoms with Crippen molar-refractivity contribution in [2.24, 2.45) is 0 Å². The summed E-state index contributed by atoms with van der Waals surface area (Å²) in [5.74, 6) is 2.04. The van der Waals surface area contributed by atoms with E-state index >= 15 is 0 Å². The molecule has 1 aromatic heterocycles. The fourth-order valence-corrected chi connectivity index (χ4v) is 3.13. The third-order valence-electron chi connectivity index (χ3n) is 3.26. The van der Waals surface area contributed by atoms with Crippen LogP contribution in [0.3, 0.4) is 0 Å². The first kappa shape index (κ1) is 16.1. The first-order valence-corrected chi connectivity index (χ1v) is 8.65. The fourth-order valence-electron chi connectivity index (χ4n) is 2.08. The number of benzene rings is 2. The first-order chi connectivity index (χ1) is 11.2. The molecule has 1 atom stereocenters. The SMILES string of the molecule is OC(CSCc1nnc(-c2ccccc2Cl)o1)c1ccccc1. The summed E-state index contributed by atoms with van der Waals surface area (Å²) in [6.45, 7) is 0. The van der Waals surface area contributed by atoms with Crippen molar-refractivity contribution in [1.29, 1.82) is 0 Å². The van der Waals surface area contributed by atoms with Crippen LogP contribution in [0, 0.1) is 0 Å². The number of aliphatic hydroxyl groups excluding tert-OH is 1. The van der Waals surface area contributed by atoms with Gasteiger partial charge in [-0.15, -0.1) is 22.0 Å². The van der Waals surface area contributed by atoms with Gasteiger partial charge >= 0.3 is 0 Å². The summed E-state index contributed by atoms with van der Waals surface area (Å²) in [6, 6.07) is 16.9. The Morgan fingerprint density at radius 1 is 1.04 bits per heavy atom. The summed E-state index contributed by atoms with van der Waals surface area (Å²) >= 11 is 7.66. The van der Waals surface area contributed by atoms with Crippen LogP contribution in [0.25, 0.3) is 11.5 Å². The van der Waals surface area contributed by atoms with Crippen LogP contribution in [0.4, 0.5) is 0 Å². The molecule has 6 heteroatoms. The van der Waals surface area contributed by atoms with Gasteiger partial charge in [-0.2, -0.15) is 0 Å². The van der Waals surface area contributed by atoms with Crippen molar-refractivity contribution in [2.75, 3.05) is 5.75 Å². The van der Waals surface area contributed by atoms with E-state index < -0.39 is 6.10 Å². The lowest BCUT2D eigenvalue weighted by Gasteiger charge is -2.09. The molecule has 0 spiro atoms. The van der Waals surface area contributed by atoms with E-state index in [0.29, 0.717) is 28.3 Å². The molecule has 3 rings (SSSR count). The van der Waals surface area contributed by atoms with Gasteiger partial charge in [-0.3, -0.25) is 0 Å². The second-order valence-corrected chi connectivity index (χ2v) is 6.36. The van der Waals surface area contributed by atoms with Gasteiger partial charge in [-0.05, 0) is 17.7 Å². The van der Waals surface area contributed by atoms with E-state index in [4.69, 9.17) is 16.0 Å². The van der Waals surface area contributed by atoms with Gasteiger partial charge < -0.3 is 9.52 Å². The lowest BCUT2D eigenvalue weighted by molar-refractivity contribution is 0.204. The van der Waals surface area contributed by atoms with E-state index in [2.05, 4.69) is 10.2 Å². The zero-order chi connectivity index (χ0) is 16.1. The molecule has 118 valence electrons. The van der Waals surface area contributed by atoms with Crippen molar-refractivity contribution in [1.82, 2.24) is 10.2 Å². The summed E-state index contributed by atoms with van der Waals surface area (Å²) < 4.78 is 5.63. The van der Waals surface area contributed by atoms with Crippen molar-refractivity contribution >= 4 is 23.4 Å². The number of thioether (sulfide) groups is 1. The predicted octanol–water partition coefficient (Wildman–Crippen LogP) is 4.36. The van der Waals surface area contributed by atoms with Gasteiger partial charge in [0.1, 0.15) is 0 Å². The largest absolute Gasteiger partial charge is 0.420 e. The summed E-state index contributed by atoms with van der Waals surface area (Å²) in [6.07, 6.45) is -0.507. The highest BCUT2D eigenvalue weighted by molar-refractivity contribution is 7.98. The molecule has 23 heavy (non-hydrogen) atoms. The van der Waals surface area contributed by atoms with Crippen LogP contribution in [0.15, 0.2) is 59.0 Å². The molecule has 0 aliphatic rings. The number of hydrogen-bond acceptors (Lipinski definition) is 5. The molecule has 0 radical (unpaired) electrons. The van der Waals surface area contributed by atoms with E-state index in [0.717, 1.165) is 11.1 Å². The van der Waals surface area contributed by atoms with Crippen LogP contribution < -0.4 is 0 Å². The fraction of sp³-hybridized carbons (Fsp3) is 0.176. The average molecular weight is 347 g/mol. The number of aliphatic hydroxyl groups is 1. The zero-order valence-electron chi connectivity index (χ0n) is 12.2. The molecule has 0 aliphatic carbocycles. The molecule has 0 fully saturated rings. The summed E-state index contributed by atoms with van der Waals surface area (Å²) in [7, 11) is 0. The molecule has 0 saturated carbocycles. The third-order valence-corrected chi connectivity index (χ3v) is 4.59. The molecule has 0 bridgehead atoms. The molecular formula is C17H15ClN2O2S. The maximum Gasteiger partial charge on any atom is 0.249 e. The normalized spacial score (nSPS) is 12.3. The Hall–Kier alpha value is -1.82. The second kappa shape index (κ2) is 7.64. The van der Waals surface area contributed by atoms with E-state index in [-0.39, 0.29) is 0 Å². The summed E-state index contributed by atoms with van der Waals surface area (Å²) in [5.41, 5.74) is 1.63. The Labute approximate surface area is 143 Å². The topological polar surface area (TPSA) is 59.2 Å². The second-order valence-electron chi connectivity index (χ2n) is 4.92. The predicted molar refractivity (Wildman–Crippen MR) is 92.3 cm³/mol. The Balaban J connectivity index is 1.57. The molecular weight excluding hydrogens is 332 g/mol. The van der Waals surface area contributed by atoms with Crippen molar-refractivity contribution in [3.63, 3.8) is 0 Å². The van der Waals surface area contributed by atoms with Gasteiger partial charge in [0.15, 0.2) is 0 Å². The van der Waals surface area contributed by atoms with Crippen molar-refractivity contribution in [3.8, 4) is 11.5 Å². The van der Waals surface area contributed by atoms with E-state index in [1.807, 2.05) is 48.5 Å². The monoisotopic (exact) mass is 346 g/mol. The van der Waals surface area contributed by atoms with Crippen LogP contribution in [0.1, 0.15) is 17.6 Å². The Kier molecular flexibility index (Phi) is 5.33. The smallest absolute Gasteiger partial charge is 0.249 e. The molecule has 0 saturated heterocycles. The lowest BCUT2D eigenvalue weighted by Crippen LogP contribution is -2.00. The average Bonchev–Trinajstić information content (AvgIpc) is 3.04. The Morgan fingerprint density at radius 2 is 1.78 bits per heavy atom. The minimum absolute atomic E-state index is 0.412. The van der Waals surface area contributed by atoms with Crippen LogP contribution >= 0.6 is 23.4 Å². The summed E-state index contributed by atoms with van der Waals surface area (Å²) in [4.78, 5) is 0. The van der Waals surface area contributed by atoms with E-state index in [1.54, 1.807) is 17.8 Å². The van der Waals surface area contributed by atoms with Crippen LogP contribution in [-0.2, 0) is 5.75 Å². The summed E-state index contributed by atoms with van der Waals surface area (Å²) in [5, 5.41) is 18.7. The van der Waals surface area contributed by atoms with E-state index in [9.17, 15) is 5.11 Å². The lowest BCUT2D eigenvalue weighted by atomic mass is 10.1. The first-order valence-electron chi connectivity index (χ1n) is 7.12. The number of rotatable bonds is 6. The molecule has 4 nitrogen and oxygen atoms in total. The zero-order valence-corrected chi connectivity index (χ0v) is 13.8. The molecule has 3 aromatic rings. The van der Waals surface area contributed by atoms with Crippen LogP contribution in [0.5, 0.6) is 0 Å². The number of hydrogen-bond donors (Lipinski definition) is 1. The Bertz CT molecular complexity index is 764. The van der Waals surface area contributed by atoms with E-state index in [1.165, 1.54) is 0 Å². The standard InChI is InChI=1S/C17H15ClN2O2S/c18-14-9-5-4-8-13(14)17-20-19-16(22-17)11-23-10-15(21)12-6-2-1-3-7-12/h1-9,15,21H,10-11H2. The molecule has 1 unspecified atom stereocenters. The van der Waals surface area contributed by atoms with Crippen LogP contribution in [-0.4, -0.2) is 21.1 Å². The van der Waals surface area contributed by atoms with Gasteiger partial charge in [0.25, 0.3) is 0 Å². The quantitative estimate of drug-likeness (QED) is 0.718. The van der Waals surface area contributed by atoms with Gasteiger partial charge in [0.2, 0.25) is 11.8 Å². The van der Waals surface area contributed by atoms with Gasteiger partial charge in [0, 0.05) is 5.75 Å². The highest BCUT2D eigenvalue weighted by Gasteiger charge is 2.12. The van der Waals surface area contributed by atoms with Crippen molar-refractivity contribution in [3.05, 3.63) is 71.1 Å². The van der Waals surface area contributed by atoms with Crippen LogP contribution in [0.2, 0.25) is 5.02 Å². The maximum absolute atomic E-state index is 10.1. The van der Waals surface area contributed by atoms with Crippen molar-refractivity contribution in [2.45, 2.75) is 11.9 Å². The highest BCUT2D eigenvalue weighted by Crippen LogP contribution is 2.27. The number of nitrogens with zero attached hydrogens (tertiary/aromatic N) is 2. The highest BCUT2D eigenvalue weighted by atomic mass is 35.5. The van der Waals surface area contributed by atoms with Gasteiger partial charge in [0.05, 0.1) is 22.4 Å². The number of aromatic nitrogens is 2. The minimum Gasteiger partial charge on any atom is -0.420 e. The third kappa shape index (κ3) is 4.13.